The second-order valence-corrected chi connectivity index (χ2v) is 4.49. The highest BCUT2D eigenvalue weighted by molar-refractivity contribution is 5.78. The van der Waals surface area contributed by atoms with Crippen LogP contribution in [0.4, 0.5) is 5.69 Å². The number of aromatic nitrogens is 3. The summed E-state index contributed by atoms with van der Waals surface area (Å²) in [5.41, 5.74) is 12.2. The summed E-state index contributed by atoms with van der Waals surface area (Å²) in [6, 6.07) is 1.94. The third-order valence-corrected chi connectivity index (χ3v) is 3.35. The first kappa shape index (κ1) is 12.6. The molecule has 4 heteroatoms. The van der Waals surface area contributed by atoms with Gasteiger partial charge in [-0.25, -0.2) is 0 Å². The van der Waals surface area contributed by atoms with Crippen molar-refractivity contribution in [2.24, 2.45) is 7.05 Å². The Morgan fingerprint density at radius 2 is 2.00 bits per heavy atom. The SMILES string of the molecule is CCc1nn(C)c(CC)c1-c1nccc(C)c1N. The largest absolute Gasteiger partial charge is 0.397 e. The molecule has 18 heavy (non-hydrogen) atoms. The van der Waals surface area contributed by atoms with Gasteiger partial charge in [0, 0.05) is 24.5 Å². The molecule has 2 aromatic heterocycles. The minimum atomic E-state index is 0.759. The average Bonchev–Trinajstić information content (AvgIpc) is 2.68. The van der Waals surface area contributed by atoms with E-state index in [2.05, 4.69) is 23.9 Å². The van der Waals surface area contributed by atoms with Crippen molar-refractivity contribution in [2.75, 3.05) is 5.73 Å². The zero-order valence-electron chi connectivity index (χ0n) is 11.5. The molecule has 0 aliphatic carbocycles. The van der Waals surface area contributed by atoms with Gasteiger partial charge in [-0.2, -0.15) is 5.10 Å². The molecule has 96 valence electrons. The smallest absolute Gasteiger partial charge is 0.0971 e. The quantitative estimate of drug-likeness (QED) is 0.902. The summed E-state index contributed by atoms with van der Waals surface area (Å²) >= 11 is 0. The fraction of sp³-hybridized carbons (Fsp3) is 0.429. The van der Waals surface area contributed by atoms with Gasteiger partial charge in [0.25, 0.3) is 0 Å². The van der Waals surface area contributed by atoms with Crippen LogP contribution in [0.25, 0.3) is 11.3 Å². The third-order valence-electron chi connectivity index (χ3n) is 3.35. The van der Waals surface area contributed by atoms with Crippen molar-refractivity contribution < 1.29 is 0 Å². The fourth-order valence-electron chi connectivity index (χ4n) is 2.32. The van der Waals surface area contributed by atoms with Gasteiger partial charge in [0.15, 0.2) is 0 Å². The zero-order chi connectivity index (χ0) is 13.3. The van der Waals surface area contributed by atoms with Crippen LogP contribution < -0.4 is 5.73 Å². The van der Waals surface area contributed by atoms with Crippen LogP contribution in [0.2, 0.25) is 0 Å². The Bertz CT molecular complexity index is 569. The Hall–Kier alpha value is -1.84. The molecule has 0 aliphatic heterocycles. The van der Waals surface area contributed by atoms with E-state index in [4.69, 9.17) is 5.73 Å². The first-order chi connectivity index (χ1) is 8.60. The van der Waals surface area contributed by atoms with Crippen molar-refractivity contribution in [3.63, 3.8) is 0 Å². The maximum Gasteiger partial charge on any atom is 0.0971 e. The van der Waals surface area contributed by atoms with Gasteiger partial charge >= 0.3 is 0 Å². The van der Waals surface area contributed by atoms with Crippen LogP contribution in [0.5, 0.6) is 0 Å². The monoisotopic (exact) mass is 244 g/mol. The van der Waals surface area contributed by atoms with Gasteiger partial charge in [0.2, 0.25) is 0 Å². The molecule has 0 saturated heterocycles. The van der Waals surface area contributed by atoms with E-state index in [1.165, 1.54) is 5.69 Å². The number of hydrogen-bond donors (Lipinski definition) is 1. The molecule has 0 aliphatic rings. The summed E-state index contributed by atoms with van der Waals surface area (Å²) in [6.07, 6.45) is 3.62. The summed E-state index contributed by atoms with van der Waals surface area (Å²) in [5.74, 6) is 0. The lowest BCUT2D eigenvalue weighted by atomic mass is 10.0. The number of aryl methyl sites for hydroxylation is 3. The van der Waals surface area contributed by atoms with Gasteiger partial charge in [0.1, 0.15) is 0 Å². The van der Waals surface area contributed by atoms with Crippen molar-refractivity contribution in [1.29, 1.82) is 0 Å². The molecule has 2 rings (SSSR count). The van der Waals surface area contributed by atoms with E-state index >= 15 is 0 Å². The van der Waals surface area contributed by atoms with Crippen LogP contribution in [-0.4, -0.2) is 14.8 Å². The standard InChI is InChI=1S/C14H20N4/c1-5-10-12(11(6-2)18(4)17-10)14-13(15)9(3)7-8-16-14/h7-8H,5-6,15H2,1-4H3. The Kier molecular flexibility index (Phi) is 3.36. The summed E-state index contributed by atoms with van der Waals surface area (Å²) in [5, 5.41) is 4.57. The van der Waals surface area contributed by atoms with E-state index in [0.717, 1.165) is 41.0 Å². The number of nitrogens with two attached hydrogens (primary N) is 1. The van der Waals surface area contributed by atoms with Crippen LogP contribution in [0.15, 0.2) is 12.3 Å². The average molecular weight is 244 g/mol. The van der Waals surface area contributed by atoms with Gasteiger partial charge in [-0.05, 0) is 31.4 Å². The van der Waals surface area contributed by atoms with Crippen molar-refractivity contribution in [2.45, 2.75) is 33.6 Å². The van der Waals surface area contributed by atoms with E-state index in [1.54, 1.807) is 0 Å². The highest BCUT2D eigenvalue weighted by atomic mass is 15.3. The molecule has 0 atom stereocenters. The highest BCUT2D eigenvalue weighted by Crippen LogP contribution is 2.32. The number of pyridine rings is 1. The Morgan fingerprint density at radius 1 is 1.28 bits per heavy atom. The van der Waals surface area contributed by atoms with Gasteiger partial charge in [-0.3, -0.25) is 9.67 Å². The molecular weight excluding hydrogens is 224 g/mol. The lowest BCUT2D eigenvalue weighted by molar-refractivity contribution is 0.705. The first-order valence-electron chi connectivity index (χ1n) is 6.36. The topological polar surface area (TPSA) is 56.7 Å². The van der Waals surface area contributed by atoms with Crippen molar-refractivity contribution in [3.05, 3.63) is 29.2 Å². The second kappa shape index (κ2) is 4.80. The van der Waals surface area contributed by atoms with Crippen molar-refractivity contribution in [1.82, 2.24) is 14.8 Å². The predicted molar refractivity (Wildman–Crippen MR) is 74.3 cm³/mol. The van der Waals surface area contributed by atoms with E-state index in [-0.39, 0.29) is 0 Å². The van der Waals surface area contributed by atoms with Gasteiger partial charge in [-0.1, -0.05) is 13.8 Å². The number of hydrogen-bond acceptors (Lipinski definition) is 3. The molecule has 0 spiro atoms. The Balaban J connectivity index is 2.73. The van der Waals surface area contributed by atoms with E-state index in [9.17, 15) is 0 Å². The molecular formula is C14H20N4. The van der Waals surface area contributed by atoms with Gasteiger partial charge < -0.3 is 5.73 Å². The first-order valence-corrected chi connectivity index (χ1v) is 6.36. The number of anilines is 1. The van der Waals surface area contributed by atoms with E-state index in [1.807, 2.05) is 30.9 Å². The fourth-order valence-corrected chi connectivity index (χ4v) is 2.32. The van der Waals surface area contributed by atoms with Crippen LogP contribution in [-0.2, 0) is 19.9 Å². The van der Waals surface area contributed by atoms with E-state index in [0.29, 0.717) is 0 Å². The molecule has 2 heterocycles. The molecule has 2 aromatic rings. The summed E-state index contributed by atoms with van der Waals surface area (Å²) < 4.78 is 1.94. The molecule has 0 bridgehead atoms. The Morgan fingerprint density at radius 3 is 2.61 bits per heavy atom. The lowest BCUT2D eigenvalue weighted by Gasteiger charge is -2.09. The molecule has 0 saturated carbocycles. The normalized spacial score (nSPS) is 10.9. The number of rotatable bonds is 3. The second-order valence-electron chi connectivity index (χ2n) is 4.49. The molecule has 0 fully saturated rings. The zero-order valence-corrected chi connectivity index (χ0v) is 11.5. The highest BCUT2D eigenvalue weighted by Gasteiger charge is 2.19. The molecule has 2 N–H and O–H groups in total. The van der Waals surface area contributed by atoms with E-state index < -0.39 is 0 Å². The van der Waals surface area contributed by atoms with Gasteiger partial charge in [-0.15, -0.1) is 0 Å². The van der Waals surface area contributed by atoms with Crippen LogP contribution in [0.1, 0.15) is 30.8 Å². The lowest BCUT2D eigenvalue weighted by Crippen LogP contribution is -2.00. The molecule has 0 unspecified atom stereocenters. The molecule has 0 amide bonds. The summed E-state index contributed by atoms with van der Waals surface area (Å²) in [4.78, 5) is 4.46. The van der Waals surface area contributed by atoms with Crippen LogP contribution >= 0.6 is 0 Å². The van der Waals surface area contributed by atoms with Crippen molar-refractivity contribution in [3.8, 4) is 11.3 Å². The predicted octanol–water partition coefficient (Wildman–Crippen LogP) is 2.50. The minimum Gasteiger partial charge on any atom is -0.397 e. The molecule has 0 aromatic carbocycles. The Labute approximate surface area is 108 Å². The summed E-state index contributed by atoms with van der Waals surface area (Å²) in [7, 11) is 1.98. The summed E-state index contributed by atoms with van der Waals surface area (Å²) in [6.45, 7) is 6.25. The molecule has 0 radical (unpaired) electrons. The van der Waals surface area contributed by atoms with Gasteiger partial charge in [0.05, 0.1) is 17.1 Å². The minimum absolute atomic E-state index is 0.759. The number of nitrogen functional groups attached to an aromatic ring is 1. The van der Waals surface area contributed by atoms with Crippen LogP contribution in [0, 0.1) is 6.92 Å². The maximum atomic E-state index is 6.17. The van der Waals surface area contributed by atoms with Crippen LogP contribution in [0.3, 0.4) is 0 Å². The maximum absolute atomic E-state index is 6.17. The number of nitrogens with zero attached hydrogens (tertiary/aromatic N) is 3. The third kappa shape index (κ3) is 1.88. The molecule has 4 nitrogen and oxygen atoms in total. The van der Waals surface area contributed by atoms with Crippen molar-refractivity contribution >= 4 is 5.69 Å².